The molecule has 1 fully saturated rings. The van der Waals surface area contributed by atoms with E-state index in [0.717, 1.165) is 0 Å². The van der Waals surface area contributed by atoms with Crippen LogP contribution in [0.3, 0.4) is 0 Å². The van der Waals surface area contributed by atoms with Crippen molar-refractivity contribution in [3.63, 3.8) is 0 Å². The summed E-state index contributed by atoms with van der Waals surface area (Å²) >= 11 is 0. The van der Waals surface area contributed by atoms with Crippen LogP contribution in [0.2, 0.25) is 0 Å². The number of carbonyl (C=O) groups excluding carboxylic acids is 2. The third kappa shape index (κ3) is 2.52. The molecule has 0 bridgehead atoms. The molecule has 0 aromatic carbocycles. The number of alkyl halides is 5. The van der Waals surface area contributed by atoms with Gasteiger partial charge in [0, 0.05) is 19.6 Å². The molecule has 1 aliphatic heterocycles. The first-order valence-electron chi connectivity index (χ1n) is 4.84. The molecule has 2 amide bonds. The fourth-order valence-corrected chi connectivity index (χ4v) is 1.50. The van der Waals surface area contributed by atoms with Crippen molar-refractivity contribution in [3.8, 4) is 0 Å². The summed E-state index contributed by atoms with van der Waals surface area (Å²) in [7, 11) is 0. The second-order valence-corrected chi connectivity index (χ2v) is 3.69. The molecule has 1 unspecified atom stereocenters. The van der Waals surface area contributed by atoms with Gasteiger partial charge in [-0.1, -0.05) is 0 Å². The zero-order valence-electron chi connectivity index (χ0n) is 8.93. The fraction of sp³-hybridized carbons (Fsp3) is 0.750. The Bertz CT molecular complexity index is 357. The minimum Gasteiger partial charge on any atom is -0.368 e. The number of nitrogens with two attached hydrogens (primary N) is 1. The molecule has 5 nitrogen and oxygen atoms in total. The van der Waals surface area contributed by atoms with E-state index in [1.54, 1.807) is 0 Å². The van der Waals surface area contributed by atoms with E-state index in [4.69, 9.17) is 5.73 Å². The van der Waals surface area contributed by atoms with Gasteiger partial charge in [0.1, 0.15) is 6.04 Å². The van der Waals surface area contributed by atoms with Crippen LogP contribution in [0.1, 0.15) is 0 Å². The Morgan fingerprint density at radius 1 is 1.22 bits per heavy atom. The summed E-state index contributed by atoms with van der Waals surface area (Å²) in [5.74, 6) is -9.13. The monoisotopic (exact) mass is 275 g/mol. The van der Waals surface area contributed by atoms with E-state index in [9.17, 15) is 31.5 Å². The first-order valence-corrected chi connectivity index (χ1v) is 4.84. The van der Waals surface area contributed by atoms with Crippen molar-refractivity contribution in [2.45, 2.75) is 18.1 Å². The van der Waals surface area contributed by atoms with Gasteiger partial charge in [-0.15, -0.1) is 0 Å². The van der Waals surface area contributed by atoms with Crippen LogP contribution in [-0.2, 0) is 9.59 Å². The van der Waals surface area contributed by atoms with Gasteiger partial charge in [-0.05, 0) is 0 Å². The molecule has 104 valence electrons. The van der Waals surface area contributed by atoms with Crippen LogP contribution in [0.15, 0.2) is 0 Å². The van der Waals surface area contributed by atoms with E-state index in [1.165, 1.54) is 0 Å². The highest BCUT2D eigenvalue weighted by Crippen LogP contribution is 2.37. The maximum Gasteiger partial charge on any atom is 0.463 e. The van der Waals surface area contributed by atoms with Gasteiger partial charge in [-0.2, -0.15) is 22.0 Å². The fourth-order valence-electron chi connectivity index (χ4n) is 1.50. The lowest BCUT2D eigenvalue weighted by Gasteiger charge is -2.36. The number of hydrogen-bond acceptors (Lipinski definition) is 3. The Labute approximate surface area is 98.1 Å². The molecule has 18 heavy (non-hydrogen) atoms. The van der Waals surface area contributed by atoms with Gasteiger partial charge in [0.15, 0.2) is 0 Å². The third-order valence-corrected chi connectivity index (χ3v) is 2.46. The summed E-state index contributed by atoms with van der Waals surface area (Å²) < 4.78 is 61.8. The van der Waals surface area contributed by atoms with Crippen molar-refractivity contribution in [1.82, 2.24) is 10.2 Å². The lowest BCUT2D eigenvalue weighted by molar-refractivity contribution is -0.275. The number of primary amides is 1. The largest absolute Gasteiger partial charge is 0.463 e. The molecular weight excluding hydrogens is 265 g/mol. The van der Waals surface area contributed by atoms with E-state index in [2.05, 4.69) is 5.32 Å². The van der Waals surface area contributed by atoms with E-state index >= 15 is 0 Å². The molecule has 0 aromatic heterocycles. The Morgan fingerprint density at radius 3 is 2.22 bits per heavy atom. The lowest BCUT2D eigenvalue weighted by atomic mass is 10.1. The Kier molecular flexibility index (Phi) is 3.79. The zero-order chi connectivity index (χ0) is 14.1. The van der Waals surface area contributed by atoms with Gasteiger partial charge in [0.25, 0.3) is 0 Å². The van der Waals surface area contributed by atoms with Gasteiger partial charge in [0.2, 0.25) is 5.91 Å². The number of hydrogen-bond donors (Lipinski definition) is 2. The summed E-state index contributed by atoms with van der Waals surface area (Å²) in [6, 6.07) is -1.51. The van der Waals surface area contributed by atoms with Gasteiger partial charge < -0.3 is 16.0 Å². The minimum absolute atomic E-state index is 0.00343. The van der Waals surface area contributed by atoms with Crippen LogP contribution in [0.25, 0.3) is 0 Å². The number of nitrogens with zero attached hydrogens (tertiary/aromatic N) is 1. The molecule has 1 aliphatic rings. The highest BCUT2D eigenvalue weighted by molar-refractivity contribution is 5.90. The maximum atomic E-state index is 12.9. The number of carbonyl (C=O) groups is 2. The summed E-state index contributed by atoms with van der Waals surface area (Å²) in [5.41, 5.74) is 4.85. The number of rotatable bonds is 2. The Morgan fingerprint density at radius 2 is 1.78 bits per heavy atom. The molecule has 3 N–H and O–H groups in total. The molecule has 1 heterocycles. The van der Waals surface area contributed by atoms with Crippen molar-refractivity contribution >= 4 is 11.8 Å². The van der Waals surface area contributed by atoms with Crippen LogP contribution < -0.4 is 11.1 Å². The number of nitrogens with one attached hydrogen (secondary N) is 1. The third-order valence-electron chi connectivity index (χ3n) is 2.46. The van der Waals surface area contributed by atoms with Gasteiger partial charge in [-0.3, -0.25) is 9.59 Å². The quantitative estimate of drug-likeness (QED) is 0.665. The molecule has 10 heteroatoms. The van der Waals surface area contributed by atoms with Crippen LogP contribution in [0.5, 0.6) is 0 Å². The van der Waals surface area contributed by atoms with Crippen molar-refractivity contribution in [2.75, 3.05) is 19.6 Å². The van der Waals surface area contributed by atoms with Crippen LogP contribution >= 0.6 is 0 Å². The van der Waals surface area contributed by atoms with Crippen molar-refractivity contribution in [3.05, 3.63) is 0 Å². The molecule has 0 spiro atoms. The van der Waals surface area contributed by atoms with E-state index in [1.807, 2.05) is 0 Å². The Balaban J connectivity index is 2.97. The second kappa shape index (κ2) is 4.67. The van der Waals surface area contributed by atoms with Crippen molar-refractivity contribution < 1.29 is 31.5 Å². The zero-order valence-corrected chi connectivity index (χ0v) is 8.93. The summed E-state index contributed by atoms with van der Waals surface area (Å²) in [4.78, 5) is 22.3. The minimum atomic E-state index is -6.00. The molecule has 1 rings (SSSR count). The number of piperazine rings is 1. The molecule has 1 saturated heterocycles. The van der Waals surface area contributed by atoms with Gasteiger partial charge in [0.05, 0.1) is 0 Å². The SMILES string of the molecule is NC(=O)C1CNCCN1C(=O)C(F)(F)C(F)(F)F. The predicted octanol–water partition coefficient (Wildman–Crippen LogP) is -0.530. The summed E-state index contributed by atoms with van der Waals surface area (Å²) in [6.07, 6.45) is -6.00. The first-order chi connectivity index (χ1) is 8.09. The van der Waals surface area contributed by atoms with Gasteiger partial charge in [-0.25, -0.2) is 0 Å². The molecule has 0 saturated carbocycles. The number of amides is 2. The second-order valence-electron chi connectivity index (χ2n) is 3.69. The average molecular weight is 275 g/mol. The Hall–Kier alpha value is -1.45. The highest BCUT2D eigenvalue weighted by Gasteiger charge is 2.65. The molecule has 1 atom stereocenters. The van der Waals surface area contributed by atoms with Crippen molar-refractivity contribution in [1.29, 1.82) is 0 Å². The van der Waals surface area contributed by atoms with E-state index in [0.29, 0.717) is 0 Å². The van der Waals surface area contributed by atoms with E-state index in [-0.39, 0.29) is 18.0 Å². The van der Waals surface area contributed by atoms with Crippen LogP contribution in [-0.4, -0.2) is 54.5 Å². The van der Waals surface area contributed by atoms with Crippen LogP contribution in [0, 0.1) is 0 Å². The molecular formula is C8H10F5N3O2. The molecule has 0 aliphatic carbocycles. The predicted molar refractivity (Wildman–Crippen MR) is 48.6 cm³/mol. The van der Waals surface area contributed by atoms with Crippen LogP contribution in [0.4, 0.5) is 22.0 Å². The number of halogens is 5. The normalized spacial score (nSPS) is 21.8. The molecule has 0 radical (unpaired) electrons. The summed E-state index contributed by atoms with van der Waals surface area (Å²) in [6.45, 7) is -0.698. The highest BCUT2D eigenvalue weighted by atomic mass is 19.4. The average Bonchev–Trinajstić information content (AvgIpc) is 2.26. The van der Waals surface area contributed by atoms with E-state index < -0.39 is 36.5 Å². The maximum absolute atomic E-state index is 12.9. The molecule has 0 aromatic rings. The van der Waals surface area contributed by atoms with Gasteiger partial charge >= 0.3 is 18.0 Å². The standard InChI is InChI=1S/C8H10F5N3O2/c9-7(10,8(11,12)13)6(18)16-2-1-15-3-4(16)5(14)17/h4,15H,1-3H2,(H2,14,17). The van der Waals surface area contributed by atoms with Crippen molar-refractivity contribution in [2.24, 2.45) is 5.73 Å². The topological polar surface area (TPSA) is 75.4 Å². The summed E-state index contributed by atoms with van der Waals surface area (Å²) in [5, 5.41) is 2.57. The first kappa shape index (κ1) is 14.6. The lowest BCUT2D eigenvalue weighted by Crippen LogP contribution is -2.63. The smallest absolute Gasteiger partial charge is 0.368 e.